The highest BCUT2D eigenvalue weighted by molar-refractivity contribution is 6.31. The number of carboxylic acids is 1. The molecule has 0 radical (unpaired) electrons. The third kappa shape index (κ3) is 4.62. The molecule has 6 heteroatoms. The van der Waals surface area contributed by atoms with Crippen molar-refractivity contribution >= 4 is 28.5 Å². The molecule has 1 aliphatic rings. The Kier molecular flexibility index (Phi) is 5.88. The van der Waals surface area contributed by atoms with Crippen LogP contribution in [-0.2, 0) is 17.6 Å². The molecule has 0 aliphatic carbocycles. The maximum absolute atomic E-state index is 13.0. The number of rotatable bonds is 6. The molecule has 152 valence electrons. The number of aromatic nitrogens is 1. The van der Waals surface area contributed by atoms with E-state index < -0.39 is 5.97 Å². The summed E-state index contributed by atoms with van der Waals surface area (Å²) in [5, 5.41) is 12.7. The van der Waals surface area contributed by atoms with Gasteiger partial charge in [0.15, 0.2) is 0 Å². The maximum Gasteiger partial charge on any atom is 0.123 e. The summed E-state index contributed by atoms with van der Waals surface area (Å²) >= 11 is 6.54. The van der Waals surface area contributed by atoms with Crippen LogP contribution in [0.5, 0.6) is 0 Å². The third-order valence-corrected chi connectivity index (χ3v) is 6.05. The van der Waals surface area contributed by atoms with Gasteiger partial charge < -0.3 is 19.4 Å². The molecule has 4 rings (SSSR count). The number of carboxylic acid groups (broad SMARTS) is 1. The Labute approximate surface area is 174 Å². The topological polar surface area (TPSA) is 48.3 Å². The normalized spacial score (nSPS) is 15.8. The van der Waals surface area contributed by atoms with Gasteiger partial charge in [0.05, 0.1) is 0 Å². The molecule has 0 bridgehead atoms. The largest absolute Gasteiger partial charge is 0.550 e. The van der Waals surface area contributed by atoms with Gasteiger partial charge in [-0.1, -0.05) is 35.9 Å². The predicted molar refractivity (Wildman–Crippen MR) is 110 cm³/mol. The molecule has 1 saturated heterocycles. The molecule has 2 heterocycles. The number of carbonyl (C=O) groups excluding carboxylic acids is 1. The third-order valence-electron chi connectivity index (χ3n) is 5.76. The van der Waals surface area contributed by atoms with E-state index in [1.54, 1.807) is 0 Å². The van der Waals surface area contributed by atoms with Crippen molar-refractivity contribution in [1.29, 1.82) is 0 Å². The van der Waals surface area contributed by atoms with E-state index in [0.717, 1.165) is 60.9 Å². The van der Waals surface area contributed by atoms with Crippen molar-refractivity contribution in [2.45, 2.75) is 31.7 Å². The zero-order chi connectivity index (χ0) is 20.4. The van der Waals surface area contributed by atoms with Crippen LogP contribution in [0, 0.1) is 5.82 Å². The second-order valence-electron chi connectivity index (χ2n) is 7.73. The lowest BCUT2D eigenvalue weighted by Crippen LogP contribution is -2.36. The van der Waals surface area contributed by atoms with E-state index >= 15 is 0 Å². The molecule has 0 unspecified atom stereocenters. The molecule has 1 fully saturated rings. The van der Waals surface area contributed by atoms with Crippen LogP contribution in [0.15, 0.2) is 48.5 Å². The van der Waals surface area contributed by atoms with Gasteiger partial charge in [-0.3, -0.25) is 0 Å². The summed E-state index contributed by atoms with van der Waals surface area (Å²) in [6.45, 7) is 2.90. The quantitative estimate of drug-likeness (QED) is 0.620. The standard InChI is InChI=1S/C23H24ClFN2O2/c24-22-15-18-4-1-17(14-23(28)29)13-21(18)27(22)20-8-11-26(12-9-20)10-7-16-2-5-19(25)6-3-16/h1-6,13,15,20H,7-12,14H2,(H,28,29)/p-1. The van der Waals surface area contributed by atoms with Crippen LogP contribution in [-0.4, -0.2) is 35.1 Å². The van der Waals surface area contributed by atoms with E-state index in [1.807, 2.05) is 36.4 Å². The summed E-state index contributed by atoms with van der Waals surface area (Å²) in [6, 6.07) is 14.6. The number of halogens is 2. The number of fused-ring (bicyclic) bond motifs is 1. The lowest BCUT2D eigenvalue weighted by atomic mass is 10.0. The maximum atomic E-state index is 13.0. The van der Waals surface area contributed by atoms with Crippen LogP contribution in [0.4, 0.5) is 4.39 Å². The minimum Gasteiger partial charge on any atom is -0.550 e. The van der Waals surface area contributed by atoms with Crippen molar-refractivity contribution in [3.63, 3.8) is 0 Å². The number of hydrogen-bond donors (Lipinski definition) is 0. The second-order valence-corrected chi connectivity index (χ2v) is 8.12. The number of hydrogen-bond acceptors (Lipinski definition) is 3. The molecule has 0 spiro atoms. The van der Waals surface area contributed by atoms with Crippen LogP contribution in [0.2, 0.25) is 5.15 Å². The van der Waals surface area contributed by atoms with Crippen molar-refractivity contribution < 1.29 is 14.3 Å². The summed E-state index contributed by atoms with van der Waals surface area (Å²) in [5.41, 5.74) is 2.86. The first-order chi connectivity index (χ1) is 14.0. The molecule has 0 amide bonds. The molecule has 0 atom stereocenters. The number of aliphatic carboxylic acids is 1. The van der Waals surface area contributed by atoms with Gasteiger partial charge in [0, 0.05) is 49.0 Å². The van der Waals surface area contributed by atoms with Crippen LogP contribution < -0.4 is 5.11 Å². The van der Waals surface area contributed by atoms with E-state index in [1.165, 1.54) is 12.1 Å². The van der Waals surface area contributed by atoms with Crippen LogP contribution >= 0.6 is 11.6 Å². The molecular formula is C23H23ClFN2O2-. The Morgan fingerprint density at radius 1 is 1.07 bits per heavy atom. The fourth-order valence-electron chi connectivity index (χ4n) is 4.22. The first kappa shape index (κ1) is 19.9. The zero-order valence-corrected chi connectivity index (χ0v) is 16.9. The van der Waals surface area contributed by atoms with E-state index in [0.29, 0.717) is 11.2 Å². The first-order valence-corrected chi connectivity index (χ1v) is 10.3. The monoisotopic (exact) mass is 413 g/mol. The Bertz CT molecular complexity index is 1010. The molecular weight excluding hydrogens is 391 g/mol. The van der Waals surface area contributed by atoms with Gasteiger partial charge >= 0.3 is 0 Å². The molecule has 4 nitrogen and oxygen atoms in total. The number of nitrogens with zero attached hydrogens (tertiary/aromatic N) is 2. The average Bonchev–Trinajstić information content (AvgIpc) is 3.02. The summed E-state index contributed by atoms with van der Waals surface area (Å²) in [6.07, 6.45) is 2.78. The zero-order valence-electron chi connectivity index (χ0n) is 16.1. The van der Waals surface area contributed by atoms with E-state index in [2.05, 4.69) is 9.47 Å². The van der Waals surface area contributed by atoms with Crippen LogP contribution in [0.3, 0.4) is 0 Å². The summed E-state index contributed by atoms with van der Waals surface area (Å²) in [7, 11) is 0. The van der Waals surface area contributed by atoms with E-state index in [9.17, 15) is 14.3 Å². The highest BCUT2D eigenvalue weighted by atomic mass is 35.5. The van der Waals surface area contributed by atoms with E-state index in [-0.39, 0.29) is 12.2 Å². The molecule has 0 saturated carbocycles. The minimum atomic E-state index is -1.08. The minimum absolute atomic E-state index is 0.0967. The van der Waals surface area contributed by atoms with Gasteiger partial charge in [-0.05, 0) is 54.7 Å². The lowest BCUT2D eigenvalue weighted by Gasteiger charge is -2.33. The molecule has 1 aromatic heterocycles. The van der Waals surface area contributed by atoms with Crippen molar-refractivity contribution in [1.82, 2.24) is 9.47 Å². The van der Waals surface area contributed by atoms with Crippen molar-refractivity contribution in [3.05, 3.63) is 70.6 Å². The van der Waals surface area contributed by atoms with Gasteiger partial charge in [-0.25, -0.2) is 4.39 Å². The molecule has 0 N–H and O–H groups in total. The number of benzene rings is 2. The Hall–Kier alpha value is -2.37. The van der Waals surface area contributed by atoms with E-state index in [4.69, 9.17) is 11.6 Å². The summed E-state index contributed by atoms with van der Waals surface area (Å²) in [5.74, 6) is -1.28. The SMILES string of the molecule is O=C([O-])Cc1ccc2cc(Cl)n(C3CCN(CCc4ccc(F)cc4)CC3)c2c1. The van der Waals surface area contributed by atoms with Crippen LogP contribution in [0.1, 0.15) is 30.0 Å². The first-order valence-electron chi connectivity index (χ1n) is 9.95. The number of piperidine rings is 1. The van der Waals surface area contributed by atoms with Gasteiger partial charge in [-0.2, -0.15) is 0 Å². The molecule has 2 aromatic carbocycles. The summed E-state index contributed by atoms with van der Waals surface area (Å²) < 4.78 is 15.2. The molecule has 1 aliphatic heterocycles. The Balaban J connectivity index is 1.42. The van der Waals surface area contributed by atoms with Gasteiger partial charge in [0.2, 0.25) is 0 Å². The Morgan fingerprint density at radius 3 is 2.45 bits per heavy atom. The average molecular weight is 414 g/mol. The van der Waals surface area contributed by atoms with Crippen molar-refractivity contribution in [3.8, 4) is 0 Å². The highest BCUT2D eigenvalue weighted by Gasteiger charge is 2.23. The van der Waals surface area contributed by atoms with Crippen molar-refractivity contribution in [2.24, 2.45) is 0 Å². The Morgan fingerprint density at radius 2 is 1.76 bits per heavy atom. The highest BCUT2D eigenvalue weighted by Crippen LogP contribution is 2.33. The van der Waals surface area contributed by atoms with Crippen LogP contribution in [0.25, 0.3) is 10.9 Å². The lowest BCUT2D eigenvalue weighted by molar-refractivity contribution is -0.304. The smallest absolute Gasteiger partial charge is 0.123 e. The second kappa shape index (κ2) is 8.56. The fourth-order valence-corrected chi connectivity index (χ4v) is 4.57. The van der Waals surface area contributed by atoms with Crippen molar-refractivity contribution in [2.75, 3.05) is 19.6 Å². The number of likely N-dealkylation sites (tertiary alicyclic amines) is 1. The predicted octanol–water partition coefficient (Wildman–Crippen LogP) is 3.61. The van der Waals surface area contributed by atoms with Gasteiger partial charge in [0.1, 0.15) is 11.0 Å². The number of carbonyl (C=O) groups is 1. The van der Waals surface area contributed by atoms with Gasteiger partial charge in [0.25, 0.3) is 0 Å². The molecule has 29 heavy (non-hydrogen) atoms. The van der Waals surface area contributed by atoms with Gasteiger partial charge in [-0.15, -0.1) is 0 Å². The molecule has 3 aromatic rings. The summed E-state index contributed by atoms with van der Waals surface area (Å²) in [4.78, 5) is 13.4. The fraction of sp³-hybridized carbons (Fsp3) is 0.348.